The van der Waals surface area contributed by atoms with Crippen LogP contribution in [0.3, 0.4) is 0 Å². The van der Waals surface area contributed by atoms with Gasteiger partial charge in [0, 0.05) is 55.0 Å². The number of rotatable bonds is 4. The predicted octanol–water partition coefficient (Wildman–Crippen LogP) is 13.2. The van der Waals surface area contributed by atoms with Crippen molar-refractivity contribution in [2.45, 2.75) is 6.17 Å². The molecule has 2 aliphatic rings. The van der Waals surface area contributed by atoms with E-state index >= 15 is 0 Å². The van der Waals surface area contributed by atoms with Crippen molar-refractivity contribution in [3.05, 3.63) is 217 Å². The van der Waals surface area contributed by atoms with Gasteiger partial charge in [0.2, 0.25) is 0 Å². The van der Waals surface area contributed by atoms with Crippen molar-refractivity contribution in [3.63, 3.8) is 0 Å². The number of fused-ring (bicyclic) bond motifs is 14. The Morgan fingerprint density at radius 3 is 1.98 bits per heavy atom. The number of aliphatic imine (C=N–C) groups is 2. The quantitative estimate of drug-likeness (QED) is 0.191. The fraction of sp³-hybridized carbons (Fsp3) is 0.0182. The number of nitrogens with zero attached hydrogens (tertiary/aromatic N) is 4. The van der Waals surface area contributed by atoms with Crippen molar-refractivity contribution in [2.24, 2.45) is 9.98 Å². The van der Waals surface area contributed by atoms with Crippen molar-refractivity contribution in [3.8, 4) is 33.6 Å². The third kappa shape index (κ3) is 4.74. The first-order valence-corrected chi connectivity index (χ1v) is 20.5. The average molecular weight is 766 g/mol. The van der Waals surface area contributed by atoms with E-state index in [1.165, 1.54) is 82.3 Å². The van der Waals surface area contributed by atoms with Gasteiger partial charge in [-0.1, -0.05) is 152 Å². The van der Waals surface area contributed by atoms with E-state index in [1.54, 1.807) is 0 Å². The molecule has 280 valence electrons. The second kappa shape index (κ2) is 12.7. The first kappa shape index (κ1) is 33.0. The predicted molar refractivity (Wildman–Crippen MR) is 249 cm³/mol. The van der Waals surface area contributed by atoms with Crippen molar-refractivity contribution >= 4 is 66.1 Å². The SMILES string of the molecule is c1ccc(C2=NC(c3ccc(-n4c5ccc6c(c5c5c7ccccc7ccc54)-c4ccccc4-n4c5ccccc5c5cccc-6c54)cc3)=NC(c3ccccc3)N2)cc1. The Bertz CT molecular complexity index is 3610. The van der Waals surface area contributed by atoms with Gasteiger partial charge in [-0.3, -0.25) is 0 Å². The highest BCUT2D eigenvalue weighted by molar-refractivity contribution is 6.28. The molecule has 0 fully saturated rings. The topological polar surface area (TPSA) is 46.6 Å². The van der Waals surface area contributed by atoms with Crippen LogP contribution in [0.2, 0.25) is 0 Å². The van der Waals surface area contributed by atoms with Gasteiger partial charge < -0.3 is 14.5 Å². The van der Waals surface area contributed by atoms with Gasteiger partial charge in [-0.2, -0.15) is 0 Å². The van der Waals surface area contributed by atoms with Crippen LogP contribution in [0, 0.1) is 0 Å². The lowest BCUT2D eigenvalue weighted by Crippen LogP contribution is -2.33. The fourth-order valence-electron chi connectivity index (χ4n) is 9.91. The number of para-hydroxylation sites is 3. The van der Waals surface area contributed by atoms with E-state index < -0.39 is 0 Å². The summed E-state index contributed by atoms with van der Waals surface area (Å²) in [6, 6.07) is 72.1. The molecule has 0 bridgehead atoms. The summed E-state index contributed by atoms with van der Waals surface area (Å²) in [7, 11) is 0. The minimum atomic E-state index is -0.261. The van der Waals surface area contributed by atoms with Crippen molar-refractivity contribution in [1.29, 1.82) is 0 Å². The Labute approximate surface area is 345 Å². The Balaban J connectivity index is 1.06. The molecule has 0 radical (unpaired) electrons. The zero-order chi connectivity index (χ0) is 39.3. The van der Waals surface area contributed by atoms with Crippen molar-refractivity contribution in [1.82, 2.24) is 14.5 Å². The van der Waals surface area contributed by atoms with E-state index in [-0.39, 0.29) is 6.17 Å². The summed E-state index contributed by atoms with van der Waals surface area (Å²) in [5.41, 5.74) is 15.1. The van der Waals surface area contributed by atoms with Crippen LogP contribution in [0.5, 0.6) is 0 Å². The van der Waals surface area contributed by atoms with Gasteiger partial charge in [0.15, 0.2) is 5.84 Å². The minimum Gasteiger partial charge on any atom is -0.344 e. The van der Waals surface area contributed by atoms with Gasteiger partial charge in [0.1, 0.15) is 12.0 Å². The summed E-state index contributed by atoms with van der Waals surface area (Å²) in [5, 5.41) is 11.1. The Kier molecular flexibility index (Phi) is 7.01. The lowest BCUT2D eigenvalue weighted by Gasteiger charge is -2.23. The molecular formula is C55H35N5. The Morgan fingerprint density at radius 1 is 0.433 bits per heavy atom. The molecule has 1 unspecified atom stereocenters. The lowest BCUT2D eigenvalue weighted by molar-refractivity contribution is 0.674. The highest BCUT2D eigenvalue weighted by Crippen LogP contribution is 2.51. The van der Waals surface area contributed by atoms with Crippen molar-refractivity contribution in [2.75, 3.05) is 0 Å². The molecule has 0 saturated heterocycles. The normalized spacial score (nSPS) is 14.5. The van der Waals surface area contributed by atoms with E-state index in [0.717, 1.165) is 28.2 Å². The van der Waals surface area contributed by atoms with Crippen LogP contribution < -0.4 is 5.32 Å². The molecule has 0 saturated carbocycles. The fourth-order valence-corrected chi connectivity index (χ4v) is 9.91. The minimum absolute atomic E-state index is 0.261. The smallest absolute Gasteiger partial charge is 0.159 e. The van der Waals surface area contributed by atoms with E-state index in [4.69, 9.17) is 9.98 Å². The Hall–Kier alpha value is -8.02. The first-order valence-electron chi connectivity index (χ1n) is 20.5. The number of hydrogen-bond donors (Lipinski definition) is 1. The zero-order valence-corrected chi connectivity index (χ0v) is 32.4. The van der Waals surface area contributed by atoms with Crippen molar-refractivity contribution < 1.29 is 0 Å². The highest BCUT2D eigenvalue weighted by atomic mass is 15.2. The first-order chi connectivity index (χ1) is 29.8. The summed E-state index contributed by atoms with van der Waals surface area (Å²) in [5.74, 6) is 1.51. The number of benzene rings is 9. The third-order valence-electron chi connectivity index (χ3n) is 12.5. The number of aromatic nitrogens is 2. The third-order valence-corrected chi connectivity index (χ3v) is 12.5. The second-order valence-corrected chi connectivity index (χ2v) is 15.8. The summed E-state index contributed by atoms with van der Waals surface area (Å²) in [4.78, 5) is 10.3. The van der Waals surface area contributed by atoms with Crippen LogP contribution in [0.25, 0.3) is 88.0 Å². The van der Waals surface area contributed by atoms with Gasteiger partial charge in [-0.15, -0.1) is 0 Å². The molecule has 2 aromatic heterocycles. The molecule has 5 heteroatoms. The summed E-state index contributed by atoms with van der Waals surface area (Å²) in [6.07, 6.45) is -0.261. The average Bonchev–Trinajstić information content (AvgIpc) is 3.81. The standard InChI is InChI=1S/C55H35N5/c1-3-15-35(16-4-1)53-56-54(36-17-5-2-6-18-36)58-55(57-53)37-26-29-38(30-27-37)59-47-32-28-34-14-7-8-19-39(34)50(47)51-48(59)33-31-41-43-23-13-22-42-40-20-9-11-24-45(40)60(52(42)43)46-25-12-10-21-44(46)49(41)51/h1-33,53H,(H,56,57,58). The molecule has 0 amide bonds. The van der Waals surface area contributed by atoms with Crippen LogP contribution in [0.15, 0.2) is 210 Å². The molecule has 13 rings (SSSR count). The van der Waals surface area contributed by atoms with Gasteiger partial charge >= 0.3 is 0 Å². The van der Waals surface area contributed by atoms with E-state index in [0.29, 0.717) is 5.84 Å². The van der Waals surface area contributed by atoms with Crippen LogP contribution in [0.4, 0.5) is 0 Å². The van der Waals surface area contributed by atoms with Gasteiger partial charge in [0.25, 0.3) is 0 Å². The van der Waals surface area contributed by atoms with E-state index in [1.807, 2.05) is 24.3 Å². The molecule has 5 nitrogen and oxygen atoms in total. The van der Waals surface area contributed by atoms with Crippen LogP contribution in [-0.4, -0.2) is 20.8 Å². The van der Waals surface area contributed by atoms with Crippen LogP contribution in [-0.2, 0) is 0 Å². The summed E-state index contributed by atoms with van der Waals surface area (Å²) >= 11 is 0. The molecule has 60 heavy (non-hydrogen) atoms. The maximum atomic E-state index is 5.16. The molecule has 0 aliphatic carbocycles. The molecule has 11 aromatic rings. The molecule has 4 heterocycles. The summed E-state index contributed by atoms with van der Waals surface area (Å²) in [6.45, 7) is 0. The molecular weight excluding hydrogens is 731 g/mol. The number of amidine groups is 2. The molecule has 1 N–H and O–H groups in total. The highest BCUT2D eigenvalue weighted by Gasteiger charge is 2.29. The largest absolute Gasteiger partial charge is 0.344 e. The van der Waals surface area contributed by atoms with Gasteiger partial charge in [0.05, 0.1) is 27.8 Å². The van der Waals surface area contributed by atoms with Gasteiger partial charge in [-0.05, 0) is 70.4 Å². The Morgan fingerprint density at radius 2 is 1.12 bits per heavy atom. The maximum Gasteiger partial charge on any atom is 0.159 e. The molecule has 9 aromatic carbocycles. The number of hydrogen-bond acceptors (Lipinski definition) is 3. The zero-order valence-electron chi connectivity index (χ0n) is 32.4. The van der Waals surface area contributed by atoms with E-state index in [9.17, 15) is 0 Å². The lowest BCUT2D eigenvalue weighted by atomic mass is 9.89. The van der Waals surface area contributed by atoms with E-state index in [2.05, 4.69) is 190 Å². The second-order valence-electron chi connectivity index (χ2n) is 15.8. The molecule has 1 atom stereocenters. The maximum absolute atomic E-state index is 5.16. The van der Waals surface area contributed by atoms with Crippen LogP contribution >= 0.6 is 0 Å². The van der Waals surface area contributed by atoms with Gasteiger partial charge in [-0.25, -0.2) is 9.98 Å². The monoisotopic (exact) mass is 765 g/mol. The van der Waals surface area contributed by atoms with Crippen LogP contribution in [0.1, 0.15) is 22.9 Å². The molecule has 0 spiro atoms. The summed E-state index contributed by atoms with van der Waals surface area (Å²) < 4.78 is 4.94. The number of nitrogens with one attached hydrogen (secondary N) is 1. The molecule has 2 aliphatic heterocycles.